The second-order valence-corrected chi connectivity index (χ2v) is 5.08. The van der Waals surface area contributed by atoms with E-state index in [1.165, 1.54) is 11.1 Å². The molecule has 0 aliphatic carbocycles. The van der Waals surface area contributed by atoms with Crippen LogP contribution in [0, 0.1) is 0 Å². The third-order valence-corrected chi connectivity index (χ3v) is 2.58. The molecule has 0 atom stereocenters. The van der Waals surface area contributed by atoms with Gasteiger partial charge in [0.1, 0.15) is 0 Å². The van der Waals surface area contributed by atoms with Gasteiger partial charge < -0.3 is 5.73 Å². The first kappa shape index (κ1) is 12.2. The predicted molar refractivity (Wildman–Crippen MR) is 64.9 cm³/mol. The molecule has 0 aliphatic rings. The average molecular weight is 206 g/mol. The smallest absolute Gasteiger partial charge is 0.0305 e. The van der Waals surface area contributed by atoms with Crippen LogP contribution in [0.3, 0.4) is 0 Å². The minimum atomic E-state index is 0.191. The standard InChI is InChI=1S/C13H22N2/c1-13(2,3)12-8-11(9-15-10-12)6-4-5-7-14/h8-10H,4-7,14H2,1-3H3. The maximum atomic E-state index is 5.48. The molecule has 0 bridgehead atoms. The van der Waals surface area contributed by atoms with Crippen molar-refractivity contribution in [1.29, 1.82) is 0 Å². The summed E-state index contributed by atoms with van der Waals surface area (Å²) in [6.45, 7) is 7.43. The highest BCUT2D eigenvalue weighted by atomic mass is 14.6. The fraction of sp³-hybridized carbons (Fsp3) is 0.615. The Morgan fingerprint density at radius 2 is 1.93 bits per heavy atom. The SMILES string of the molecule is CC(C)(C)c1cncc(CCCCN)c1. The zero-order valence-corrected chi connectivity index (χ0v) is 10.1. The van der Waals surface area contributed by atoms with Crippen LogP contribution in [0.25, 0.3) is 0 Å². The highest BCUT2D eigenvalue weighted by molar-refractivity contribution is 5.24. The van der Waals surface area contributed by atoms with Gasteiger partial charge in [0, 0.05) is 12.4 Å². The number of pyridine rings is 1. The highest BCUT2D eigenvalue weighted by Crippen LogP contribution is 2.22. The normalized spacial score (nSPS) is 11.7. The number of unbranched alkanes of at least 4 members (excludes halogenated alkanes) is 1. The highest BCUT2D eigenvalue weighted by Gasteiger charge is 2.13. The molecule has 1 heterocycles. The van der Waals surface area contributed by atoms with Gasteiger partial charge in [-0.15, -0.1) is 0 Å². The van der Waals surface area contributed by atoms with Gasteiger partial charge in [-0.25, -0.2) is 0 Å². The van der Waals surface area contributed by atoms with Gasteiger partial charge in [0.2, 0.25) is 0 Å². The van der Waals surface area contributed by atoms with Gasteiger partial charge >= 0.3 is 0 Å². The van der Waals surface area contributed by atoms with Gasteiger partial charge in [0.25, 0.3) is 0 Å². The first-order chi connectivity index (χ1) is 7.04. The largest absolute Gasteiger partial charge is 0.330 e. The summed E-state index contributed by atoms with van der Waals surface area (Å²) in [4.78, 5) is 4.30. The first-order valence-electron chi connectivity index (χ1n) is 5.68. The van der Waals surface area contributed by atoms with Gasteiger partial charge in [-0.2, -0.15) is 0 Å². The van der Waals surface area contributed by atoms with Crippen molar-refractivity contribution in [3.8, 4) is 0 Å². The van der Waals surface area contributed by atoms with Gasteiger partial charge in [-0.3, -0.25) is 4.98 Å². The Hall–Kier alpha value is -0.890. The summed E-state index contributed by atoms with van der Waals surface area (Å²) in [5.74, 6) is 0. The van der Waals surface area contributed by atoms with Crippen LogP contribution in [0.4, 0.5) is 0 Å². The van der Waals surface area contributed by atoms with Crippen molar-refractivity contribution >= 4 is 0 Å². The van der Waals surface area contributed by atoms with Crippen LogP contribution in [0.2, 0.25) is 0 Å². The first-order valence-corrected chi connectivity index (χ1v) is 5.68. The molecule has 1 aromatic rings. The van der Waals surface area contributed by atoms with E-state index in [1.807, 2.05) is 12.4 Å². The molecule has 0 spiro atoms. The molecule has 15 heavy (non-hydrogen) atoms. The Kier molecular flexibility index (Phi) is 4.28. The van der Waals surface area contributed by atoms with Gasteiger partial charge in [-0.05, 0) is 42.3 Å². The van der Waals surface area contributed by atoms with Crippen LogP contribution in [-0.2, 0) is 11.8 Å². The summed E-state index contributed by atoms with van der Waals surface area (Å²) in [6, 6.07) is 2.27. The van der Waals surface area contributed by atoms with E-state index in [2.05, 4.69) is 31.8 Å². The number of hydrogen-bond donors (Lipinski definition) is 1. The van der Waals surface area contributed by atoms with E-state index >= 15 is 0 Å². The van der Waals surface area contributed by atoms with Crippen LogP contribution < -0.4 is 5.73 Å². The molecule has 0 saturated carbocycles. The number of aromatic nitrogens is 1. The summed E-state index contributed by atoms with van der Waals surface area (Å²) < 4.78 is 0. The molecule has 0 aromatic carbocycles. The van der Waals surface area contributed by atoms with E-state index in [-0.39, 0.29) is 5.41 Å². The fourth-order valence-electron chi connectivity index (χ4n) is 1.51. The summed E-state index contributed by atoms with van der Waals surface area (Å²) in [5.41, 5.74) is 8.31. The Labute approximate surface area is 92.9 Å². The lowest BCUT2D eigenvalue weighted by molar-refractivity contribution is 0.585. The molecule has 0 aliphatic heterocycles. The van der Waals surface area contributed by atoms with Crippen LogP contribution in [0.15, 0.2) is 18.5 Å². The lowest BCUT2D eigenvalue weighted by atomic mass is 9.87. The van der Waals surface area contributed by atoms with Crippen LogP contribution >= 0.6 is 0 Å². The molecule has 84 valence electrons. The van der Waals surface area contributed by atoms with Gasteiger partial charge in [0.15, 0.2) is 0 Å². The molecule has 0 radical (unpaired) electrons. The third kappa shape index (κ3) is 4.00. The van der Waals surface area contributed by atoms with E-state index in [0.29, 0.717) is 0 Å². The topological polar surface area (TPSA) is 38.9 Å². The Balaban J connectivity index is 2.66. The zero-order chi connectivity index (χ0) is 11.3. The number of rotatable bonds is 4. The quantitative estimate of drug-likeness (QED) is 0.769. The number of hydrogen-bond acceptors (Lipinski definition) is 2. The van der Waals surface area contributed by atoms with Gasteiger partial charge in [-0.1, -0.05) is 26.8 Å². The second-order valence-electron chi connectivity index (χ2n) is 5.08. The number of nitrogens with two attached hydrogens (primary N) is 1. The van der Waals surface area contributed by atoms with Crippen LogP contribution in [0.5, 0.6) is 0 Å². The maximum absolute atomic E-state index is 5.48. The molecule has 0 amide bonds. The molecule has 1 rings (SSSR count). The Morgan fingerprint density at radius 3 is 2.53 bits per heavy atom. The summed E-state index contributed by atoms with van der Waals surface area (Å²) >= 11 is 0. The van der Waals surface area contributed by atoms with Crippen LogP contribution in [-0.4, -0.2) is 11.5 Å². The summed E-state index contributed by atoms with van der Waals surface area (Å²) in [7, 11) is 0. The third-order valence-electron chi connectivity index (χ3n) is 2.58. The van der Waals surface area contributed by atoms with E-state index in [0.717, 1.165) is 25.8 Å². The Bertz CT molecular complexity index is 300. The van der Waals surface area contributed by atoms with Crippen molar-refractivity contribution in [1.82, 2.24) is 4.98 Å². The van der Waals surface area contributed by atoms with Crippen molar-refractivity contribution in [2.75, 3.05) is 6.54 Å². The molecule has 0 unspecified atom stereocenters. The summed E-state index contributed by atoms with van der Waals surface area (Å²) in [5, 5.41) is 0. The minimum absolute atomic E-state index is 0.191. The van der Waals surface area contributed by atoms with Crippen molar-refractivity contribution in [2.45, 2.75) is 45.4 Å². The Morgan fingerprint density at radius 1 is 1.20 bits per heavy atom. The molecule has 2 nitrogen and oxygen atoms in total. The van der Waals surface area contributed by atoms with Crippen molar-refractivity contribution < 1.29 is 0 Å². The van der Waals surface area contributed by atoms with E-state index in [1.54, 1.807) is 0 Å². The van der Waals surface area contributed by atoms with Crippen molar-refractivity contribution in [3.63, 3.8) is 0 Å². The molecule has 2 heteroatoms. The fourth-order valence-corrected chi connectivity index (χ4v) is 1.51. The molecule has 0 saturated heterocycles. The van der Waals surface area contributed by atoms with Crippen molar-refractivity contribution in [3.05, 3.63) is 29.6 Å². The minimum Gasteiger partial charge on any atom is -0.330 e. The molecular weight excluding hydrogens is 184 g/mol. The second kappa shape index (κ2) is 5.26. The van der Waals surface area contributed by atoms with Crippen LogP contribution in [0.1, 0.15) is 44.7 Å². The predicted octanol–water partition coefficient (Wildman–Crippen LogP) is 2.66. The van der Waals surface area contributed by atoms with E-state index in [4.69, 9.17) is 5.73 Å². The van der Waals surface area contributed by atoms with Crippen molar-refractivity contribution in [2.24, 2.45) is 5.73 Å². The lowest BCUT2D eigenvalue weighted by Crippen LogP contribution is -2.12. The molecule has 0 fully saturated rings. The monoisotopic (exact) mass is 206 g/mol. The lowest BCUT2D eigenvalue weighted by Gasteiger charge is -2.19. The zero-order valence-electron chi connectivity index (χ0n) is 10.1. The number of aryl methyl sites for hydroxylation is 1. The molecule has 2 N–H and O–H groups in total. The van der Waals surface area contributed by atoms with E-state index in [9.17, 15) is 0 Å². The van der Waals surface area contributed by atoms with Gasteiger partial charge in [0.05, 0.1) is 0 Å². The molecular formula is C13H22N2. The summed E-state index contributed by atoms with van der Waals surface area (Å²) in [6.07, 6.45) is 7.28. The van der Waals surface area contributed by atoms with E-state index < -0.39 is 0 Å². The molecule has 1 aromatic heterocycles. The maximum Gasteiger partial charge on any atom is 0.0305 e. The average Bonchev–Trinajstić information content (AvgIpc) is 2.17. The number of nitrogens with zero attached hydrogens (tertiary/aromatic N) is 1.